The highest BCUT2D eigenvalue weighted by Gasteiger charge is 2.25. The van der Waals surface area contributed by atoms with E-state index < -0.39 is 0 Å². The van der Waals surface area contributed by atoms with Crippen molar-refractivity contribution in [2.75, 3.05) is 5.32 Å². The van der Waals surface area contributed by atoms with Crippen molar-refractivity contribution in [3.05, 3.63) is 65.2 Å². The summed E-state index contributed by atoms with van der Waals surface area (Å²) in [5.74, 6) is 0.0243. The first kappa shape index (κ1) is 19.0. The number of amides is 3. The summed E-state index contributed by atoms with van der Waals surface area (Å²) >= 11 is 0. The van der Waals surface area contributed by atoms with Gasteiger partial charge in [-0.15, -0.1) is 0 Å². The second-order valence-corrected chi connectivity index (χ2v) is 7.31. The van der Waals surface area contributed by atoms with Gasteiger partial charge in [0.25, 0.3) is 0 Å². The molecule has 1 unspecified atom stereocenters. The van der Waals surface area contributed by atoms with Gasteiger partial charge in [-0.05, 0) is 61.9 Å². The Labute approximate surface area is 160 Å². The Morgan fingerprint density at radius 1 is 1.07 bits per heavy atom. The maximum Gasteiger partial charge on any atom is 0.319 e. The smallest absolute Gasteiger partial charge is 0.319 e. The van der Waals surface area contributed by atoms with Crippen molar-refractivity contribution < 1.29 is 9.59 Å². The minimum absolute atomic E-state index is 0.0596. The van der Waals surface area contributed by atoms with Crippen LogP contribution in [0.4, 0.5) is 10.5 Å². The number of urea groups is 1. The van der Waals surface area contributed by atoms with Gasteiger partial charge in [0.05, 0.1) is 5.92 Å². The SMILES string of the molecule is CC(C)NC(=O)Nc1ccc(CNC(=O)C2CCCc3ccccc32)cc1. The Bertz CT molecular complexity index is 799. The van der Waals surface area contributed by atoms with Crippen LogP contribution in [0.25, 0.3) is 0 Å². The summed E-state index contributed by atoms with van der Waals surface area (Å²) in [6, 6.07) is 15.6. The number of anilines is 1. The van der Waals surface area contributed by atoms with Crippen LogP contribution < -0.4 is 16.0 Å². The largest absolute Gasteiger partial charge is 0.351 e. The molecule has 5 heteroatoms. The van der Waals surface area contributed by atoms with E-state index in [1.165, 1.54) is 5.56 Å². The zero-order chi connectivity index (χ0) is 19.2. The van der Waals surface area contributed by atoms with Crippen molar-refractivity contribution in [3.8, 4) is 0 Å². The second-order valence-electron chi connectivity index (χ2n) is 7.31. The van der Waals surface area contributed by atoms with E-state index in [-0.39, 0.29) is 23.9 Å². The first-order chi connectivity index (χ1) is 13.0. The molecule has 0 radical (unpaired) electrons. The van der Waals surface area contributed by atoms with Crippen molar-refractivity contribution in [1.82, 2.24) is 10.6 Å². The minimum Gasteiger partial charge on any atom is -0.351 e. The third kappa shape index (κ3) is 5.09. The molecule has 0 saturated carbocycles. The molecule has 0 spiro atoms. The fourth-order valence-corrected chi connectivity index (χ4v) is 3.47. The van der Waals surface area contributed by atoms with E-state index in [9.17, 15) is 9.59 Å². The molecule has 0 aliphatic heterocycles. The lowest BCUT2D eigenvalue weighted by Gasteiger charge is -2.24. The lowest BCUT2D eigenvalue weighted by atomic mass is 9.82. The molecule has 1 atom stereocenters. The number of hydrogen-bond acceptors (Lipinski definition) is 2. The summed E-state index contributed by atoms with van der Waals surface area (Å²) in [5, 5.41) is 8.63. The summed E-state index contributed by atoms with van der Waals surface area (Å²) in [4.78, 5) is 24.4. The molecule has 2 aromatic rings. The highest BCUT2D eigenvalue weighted by molar-refractivity contribution is 5.89. The van der Waals surface area contributed by atoms with Gasteiger partial charge in [-0.3, -0.25) is 4.79 Å². The molecule has 0 aromatic heterocycles. The number of carbonyl (C=O) groups excluding carboxylic acids is 2. The molecule has 1 aliphatic carbocycles. The van der Waals surface area contributed by atoms with Crippen molar-refractivity contribution in [3.63, 3.8) is 0 Å². The van der Waals surface area contributed by atoms with Crippen LogP contribution in [0.1, 0.15) is 49.3 Å². The Morgan fingerprint density at radius 3 is 2.56 bits per heavy atom. The molecule has 27 heavy (non-hydrogen) atoms. The van der Waals surface area contributed by atoms with Crippen LogP contribution in [0.2, 0.25) is 0 Å². The Hall–Kier alpha value is -2.82. The zero-order valence-electron chi connectivity index (χ0n) is 15.9. The van der Waals surface area contributed by atoms with Gasteiger partial charge in [0.1, 0.15) is 0 Å². The normalized spacial score (nSPS) is 15.7. The number of hydrogen-bond donors (Lipinski definition) is 3. The number of fused-ring (bicyclic) bond motifs is 1. The monoisotopic (exact) mass is 365 g/mol. The maximum atomic E-state index is 12.7. The van der Waals surface area contributed by atoms with Crippen molar-refractivity contribution in [2.45, 2.75) is 51.6 Å². The molecule has 1 aliphatic rings. The highest BCUT2D eigenvalue weighted by atomic mass is 16.2. The summed E-state index contributed by atoms with van der Waals surface area (Å²) in [7, 11) is 0. The lowest BCUT2D eigenvalue weighted by molar-refractivity contribution is -0.123. The molecule has 2 aromatic carbocycles. The van der Waals surface area contributed by atoms with E-state index in [4.69, 9.17) is 0 Å². The molecule has 0 heterocycles. The second kappa shape index (κ2) is 8.71. The van der Waals surface area contributed by atoms with E-state index in [1.54, 1.807) is 0 Å². The van der Waals surface area contributed by atoms with Crippen LogP contribution in [0, 0.1) is 0 Å². The van der Waals surface area contributed by atoms with Gasteiger partial charge in [-0.2, -0.15) is 0 Å². The number of carbonyl (C=O) groups is 2. The van der Waals surface area contributed by atoms with Gasteiger partial charge in [-0.1, -0.05) is 36.4 Å². The number of benzene rings is 2. The Morgan fingerprint density at radius 2 is 1.81 bits per heavy atom. The Balaban J connectivity index is 1.55. The molecular weight excluding hydrogens is 338 g/mol. The minimum atomic E-state index is -0.220. The van der Waals surface area contributed by atoms with Crippen molar-refractivity contribution in [1.29, 1.82) is 0 Å². The first-order valence-electron chi connectivity index (χ1n) is 9.55. The topological polar surface area (TPSA) is 70.2 Å². The number of nitrogens with one attached hydrogen (secondary N) is 3. The molecule has 3 N–H and O–H groups in total. The van der Waals surface area contributed by atoms with Crippen molar-refractivity contribution >= 4 is 17.6 Å². The highest BCUT2D eigenvalue weighted by Crippen LogP contribution is 2.31. The number of rotatable bonds is 5. The molecule has 0 saturated heterocycles. The van der Waals surface area contributed by atoms with E-state index in [1.807, 2.05) is 50.2 Å². The summed E-state index contributed by atoms with van der Waals surface area (Å²) < 4.78 is 0. The van der Waals surface area contributed by atoms with Gasteiger partial charge in [0, 0.05) is 18.3 Å². The van der Waals surface area contributed by atoms with Gasteiger partial charge in [0.15, 0.2) is 0 Å². The van der Waals surface area contributed by atoms with Gasteiger partial charge < -0.3 is 16.0 Å². The standard InChI is InChI=1S/C22H27N3O2/c1-15(2)24-22(27)25-18-12-10-16(11-13-18)14-23-21(26)20-9-5-7-17-6-3-4-8-19(17)20/h3-4,6,8,10-13,15,20H,5,7,9,14H2,1-2H3,(H,23,26)(H2,24,25,27). The van der Waals surface area contributed by atoms with Crippen LogP contribution >= 0.6 is 0 Å². The summed E-state index contributed by atoms with van der Waals surface area (Å²) in [5.41, 5.74) is 4.18. The van der Waals surface area contributed by atoms with Crippen LogP contribution in [0.5, 0.6) is 0 Å². The van der Waals surface area contributed by atoms with Crippen molar-refractivity contribution in [2.24, 2.45) is 0 Å². The predicted molar refractivity (Wildman–Crippen MR) is 108 cm³/mol. The third-order valence-electron chi connectivity index (χ3n) is 4.78. The average Bonchev–Trinajstić information content (AvgIpc) is 2.66. The van der Waals surface area contributed by atoms with Gasteiger partial charge in [-0.25, -0.2) is 4.79 Å². The average molecular weight is 365 g/mol. The summed E-state index contributed by atoms with van der Waals surface area (Å²) in [6.07, 6.45) is 3.00. The molecule has 0 fully saturated rings. The quantitative estimate of drug-likeness (QED) is 0.751. The van der Waals surface area contributed by atoms with Gasteiger partial charge >= 0.3 is 6.03 Å². The third-order valence-corrected chi connectivity index (χ3v) is 4.78. The Kier molecular flexibility index (Phi) is 6.12. The van der Waals surface area contributed by atoms with E-state index in [0.29, 0.717) is 6.54 Å². The predicted octanol–water partition coefficient (Wildman–Crippen LogP) is 3.95. The maximum absolute atomic E-state index is 12.7. The van der Waals surface area contributed by atoms with Crippen LogP contribution in [0.15, 0.2) is 48.5 Å². The molecular formula is C22H27N3O2. The number of aryl methyl sites for hydroxylation is 1. The fraction of sp³-hybridized carbons (Fsp3) is 0.364. The molecule has 3 amide bonds. The zero-order valence-corrected chi connectivity index (χ0v) is 15.9. The lowest BCUT2D eigenvalue weighted by Crippen LogP contribution is -2.34. The molecule has 142 valence electrons. The van der Waals surface area contributed by atoms with Crippen LogP contribution in [0.3, 0.4) is 0 Å². The van der Waals surface area contributed by atoms with Gasteiger partial charge in [0.2, 0.25) is 5.91 Å². The van der Waals surface area contributed by atoms with Crippen LogP contribution in [-0.4, -0.2) is 18.0 Å². The van der Waals surface area contributed by atoms with Crippen LogP contribution in [-0.2, 0) is 17.8 Å². The first-order valence-corrected chi connectivity index (χ1v) is 9.55. The molecule has 0 bridgehead atoms. The molecule has 3 rings (SSSR count). The fourth-order valence-electron chi connectivity index (χ4n) is 3.47. The summed E-state index contributed by atoms with van der Waals surface area (Å²) in [6.45, 7) is 4.31. The van der Waals surface area contributed by atoms with E-state index in [2.05, 4.69) is 28.1 Å². The van der Waals surface area contributed by atoms with E-state index in [0.717, 1.165) is 36.1 Å². The van der Waals surface area contributed by atoms with E-state index >= 15 is 0 Å². The molecule has 5 nitrogen and oxygen atoms in total.